The minimum atomic E-state index is -4.38. The van der Waals surface area contributed by atoms with Crippen LogP contribution in [0.25, 0.3) is 0 Å². The first-order valence-corrected chi connectivity index (χ1v) is 7.08. The van der Waals surface area contributed by atoms with E-state index in [1.165, 1.54) is 24.3 Å². The molecular formula is C11H13F3N2O3S. The number of nitrogens with one attached hydrogen (secondary N) is 1. The number of primary sulfonamides is 1. The molecule has 1 aromatic carbocycles. The van der Waals surface area contributed by atoms with Crippen molar-refractivity contribution in [2.45, 2.75) is 30.5 Å². The van der Waals surface area contributed by atoms with E-state index in [2.05, 4.69) is 5.32 Å². The highest BCUT2D eigenvalue weighted by atomic mass is 32.2. The Kier molecular flexibility index (Phi) is 5.12. The number of benzene rings is 1. The highest BCUT2D eigenvalue weighted by Crippen LogP contribution is 2.21. The normalized spacial score (nSPS) is 12.2. The van der Waals surface area contributed by atoms with Gasteiger partial charge in [0.1, 0.15) is 0 Å². The van der Waals surface area contributed by atoms with Crippen molar-refractivity contribution >= 4 is 15.9 Å². The number of carbonyl (C=O) groups is 1. The maximum absolute atomic E-state index is 11.9. The van der Waals surface area contributed by atoms with Crippen molar-refractivity contribution in [2.75, 3.05) is 0 Å². The third-order valence-electron chi connectivity index (χ3n) is 2.35. The zero-order valence-electron chi connectivity index (χ0n) is 10.3. The average Bonchev–Trinajstić information content (AvgIpc) is 2.32. The fraction of sp³-hybridized carbons (Fsp3) is 0.364. The number of hydrogen-bond acceptors (Lipinski definition) is 3. The molecule has 0 bridgehead atoms. The summed E-state index contributed by atoms with van der Waals surface area (Å²) in [7, 11) is -3.85. The molecule has 0 fully saturated rings. The van der Waals surface area contributed by atoms with E-state index < -0.39 is 34.9 Å². The zero-order chi connectivity index (χ0) is 15.4. The predicted octanol–water partition coefficient (Wildman–Crippen LogP) is 1.29. The lowest BCUT2D eigenvalue weighted by molar-refractivity contribution is -0.144. The molecule has 0 saturated carbocycles. The Balaban J connectivity index is 2.56. The van der Waals surface area contributed by atoms with Crippen molar-refractivity contribution in [3.8, 4) is 0 Å². The average molecular weight is 310 g/mol. The lowest BCUT2D eigenvalue weighted by Gasteiger charge is -2.08. The molecule has 1 amide bonds. The van der Waals surface area contributed by atoms with Crippen LogP contribution in [0.1, 0.15) is 18.4 Å². The molecule has 5 nitrogen and oxygen atoms in total. The molecule has 112 valence electrons. The van der Waals surface area contributed by atoms with Crippen molar-refractivity contribution in [1.29, 1.82) is 0 Å². The second-order valence-electron chi connectivity index (χ2n) is 4.08. The largest absolute Gasteiger partial charge is 0.389 e. The van der Waals surface area contributed by atoms with Crippen molar-refractivity contribution in [3.63, 3.8) is 0 Å². The highest BCUT2D eigenvalue weighted by Gasteiger charge is 2.27. The number of halogens is 3. The summed E-state index contributed by atoms with van der Waals surface area (Å²) in [6.45, 7) is -0.0694. The molecule has 9 heteroatoms. The van der Waals surface area contributed by atoms with Gasteiger partial charge in [-0.05, 0) is 17.7 Å². The van der Waals surface area contributed by atoms with Crippen LogP contribution in [-0.2, 0) is 21.4 Å². The standard InChI is InChI=1S/C11H13F3N2O3S/c12-11(13,14)5-4-10(17)16-7-8-2-1-3-9(6-8)20(15,18)19/h1-3,6H,4-5,7H2,(H,16,17)(H2,15,18,19). The third-order valence-corrected chi connectivity index (χ3v) is 3.26. The van der Waals surface area contributed by atoms with Gasteiger partial charge in [-0.15, -0.1) is 0 Å². The molecule has 0 aromatic heterocycles. The van der Waals surface area contributed by atoms with E-state index in [1.54, 1.807) is 0 Å². The Labute approximate surface area is 114 Å². The molecule has 0 unspecified atom stereocenters. The van der Waals surface area contributed by atoms with Gasteiger partial charge in [0.25, 0.3) is 0 Å². The SMILES string of the molecule is NS(=O)(=O)c1cccc(CNC(=O)CCC(F)(F)F)c1. The van der Waals surface area contributed by atoms with E-state index in [9.17, 15) is 26.4 Å². The summed E-state index contributed by atoms with van der Waals surface area (Å²) >= 11 is 0. The van der Waals surface area contributed by atoms with Crippen LogP contribution < -0.4 is 10.5 Å². The summed E-state index contributed by atoms with van der Waals surface area (Å²) in [5.41, 5.74) is 0.428. The van der Waals surface area contributed by atoms with Crippen LogP contribution in [-0.4, -0.2) is 20.5 Å². The number of sulfonamides is 1. The monoisotopic (exact) mass is 310 g/mol. The first-order chi connectivity index (χ1) is 9.08. The Morgan fingerprint density at radius 1 is 1.30 bits per heavy atom. The molecule has 0 heterocycles. The number of amides is 1. The summed E-state index contributed by atoms with van der Waals surface area (Å²) < 4.78 is 57.9. The predicted molar refractivity (Wildman–Crippen MR) is 65.0 cm³/mol. The fourth-order valence-corrected chi connectivity index (χ4v) is 1.96. The fourth-order valence-electron chi connectivity index (χ4n) is 1.38. The van der Waals surface area contributed by atoms with E-state index in [0.29, 0.717) is 5.56 Å². The molecular weight excluding hydrogens is 297 g/mol. The Bertz CT molecular complexity index is 585. The van der Waals surface area contributed by atoms with Crippen LogP contribution in [0.3, 0.4) is 0 Å². The van der Waals surface area contributed by atoms with Crippen LogP contribution in [0.4, 0.5) is 13.2 Å². The van der Waals surface area contributed by atoms with Gasteiger partial charge in [-0.3, -0.25) is 4.79 Å². The number of alkyl halides is 3. The van der Waals surface area contributed by atoms with Gasteiger partial charge in [-0.1, -0.05) is 12.1 Å². The maximum atomic E-state index is 11.9. The smallest absolute Gasteiger partial charge is 0.352 e. The van der Waals surface area contributed by atoms with E-state index >= 15 is 0 Å². The third kappa shape index (κ3) is 6.02. The van der Waals surface area contributed by atoms with Crippen LogP contribution >= 0.6 is 0 Å². The summed E-state index contributed by atoms with van der Waals surface area (Å²) in [5, 5.41) is 7.21. The highest BCUT2D eigenvalue weighted by molar-refractivity contribution is 7.89. The molecule has 20 heavy (non-hydrogen) atoms. The lowest BCUT2D eigenvalue weighted by Crippen LogP contribution is -2.24. The minimum absolute atomic E-state index is 0.0694. The van der Waals surface area contributed by atoms with Gasteiger partial charge in [-0.2, -0.15) is 13.2 Å². The van der Waals surface area contributed by atoms with Crippen LogP contribution in [0, 0.1) is 0 Å². The van der Waals surface area contributed by atoms with Gasteiger partial charge in [0.05, 0.1) is 11.3 Å². The molecule has 0 radical (unpaired) electrons. The number of hydrogen-bond donors (Lipinski definition) is 2. The van der Waals surface area contributed by atoms with E-state index in [1.807, 2.05) is 0 Å². The molecule has 0 aliphatic heterocycles. The number of carbonyl (C=O) groups excluding carboxylic acids is 1. The van der Waals surface area contributed by atoms with E-state index in [0.717, 1.165) is 0 Å². The quantitative estimate of drug-likeness (QED) is 0.859. The summed E-state index contributed by atoms with van der Waals surface area (Å²) in [5.74, 6) is -0.761. The summed E-state index contributed by atoms with van der Waals surface area (Å²) in [6.07, 6.45) is -6.25. The lowest BCUT2D eigenvalue weighted by atomic mass is 10.2. The molecule has 0 aliphatic rings. The molecule has 0 saturated heterocycles. The van der Waals surface area contributed by atoms with Crippen molar-refractivity contribution in [1.82, 2.24) is 5.32 Å². The molecule has 0 aliphatic carbocycles. The van der Waals surface area contributed by atoms with Crippen LogP contribution in [0.2, 0.25) is 0 Å². The first-order valence-electron chi connectivity index (χ1n) is 5.53. The first kappa shape index (κ1) is 16.4. The van der Waals surface area contributed by atoms with Gasteiger partial charge >= 0.3 is 6.18 Å². The van der Waals surface area contributed by atoms with Gasteiger partial charge in [-0.25, -0.2) is 13.6 Å². The van der Waals surface area contributed by atoms with Gasteiger partial charge in [0, 0.05) is 13.0 Å². The van der Waals surface area contributed by atoms with Crippen molar-refractivity contribution < 1.29 is 26.4 Å². The second-order valence-corrected chi connectivity index (χ2v) is 5.65. The Morgan fingerprint density at radius 3 is 2.50 bits per heavy atom. The minimum Gasteiger partial charge on any atom is -0.352 e. The van der Waals surface area contributed by atoms with Gasteiger partial charge in [0.15, 0.2) is 0 Å². The topological polar surface area (TPSA) is 89.3 Å². The number of rotatable bonds is 5. The molecule has 0 atom stereocenters. The molecule has 3 N–H and O–H groups in total. The van der Waals surface area contributed by atoms with E-state index in [-0.39, 0.29) is 11.4 Å². The molecule has 0 spiro atoms. The molecule has 1 rings (SSSR count). The Morgan fingerprint density at radius 2 is 1.95 bits per heavy atom. The summed E-state index contributed by atoms with van der Waals surface area (Å²) in [6, 6.07) is 5.49. The second kappa shape index (κ2) is 6.23. The molecule has 1 aromatic rings. The Hall–Kier alpha value is -1.61. The van der Waals surface area contributed by atoms with Crippen LogP contribution in [0.5, 0.6) is 0 Å². The van der Waals surface area contributed by atoms with Crippen molar-refractivity contribution in [2.24, 2.45) is 5.14 Å². The zero-order valence-corrected chi connectivity index (χ0v) is 11.1. The number of nitrogens with two attached hydrogens (primary N) is 1. The van der Waals surface area contributed by atoms with E-state index in [4.69, 9.17) is 5.14 Å². The van der Waals surface area contributed by atoms with Crippen LogP contribution in [0.15, 0.2) is 29.2 Å². The van der Waals surface area contributed by atoms with Crippen molar-refractivity contribution in [3.05, 3.63) is 29.8 Å². The summed E-state index contributed by atoms with van der Waals surface area (Å²) in [4.78, 5) is 11.1. The van der Waals surface area contributed by atoms with Gasteiger partial charge < -0.3 is 5.32 Å². The maximum Gasteiger partial charge on any atom is 0.389 e. The van der Waals surface area contributed by atoms with Gasteiger partial charge in [0.2, 0.25) is 15.9 Å².